The highest BCUT2D eigenvalue weighted by atomic mass is 19.1. The Morgan fingerprint density at radius 1 is 1.20 bits per heavy atom. The Morgan fingerprint density at radius 2 is 1.80 bits per heavy atom. The van der Waals surface area contributed by atoms with Crippen molar-refractivity contribution < 1.29 is 4.39 Å². The van der Waals surface area contributed by atoms with Crippen LogP contribution in [0.1, 0.15) is 17.0 Å². The molecule has 0 aliphatic carbocycles. The quantitative estimate of drug-likeness (QED) is 0.663. The first-order chi connectivity index (χ1) is 9.52. The third-order valence-corrected chi connectivity index (χ3v) is 2.57. The van der Waals surface area contributed by atoms with E-state index in [-0.39, 0.29) is 11.8 Å². The van der Waals surface area contributed by atoms with E-state index in [1.54, 1.807) is 12.1 Å². The molecule has 0 saturated carbocycles. The van der Waals surface area contributed by atoms with Crippen LogP contribution in [-0.2, 0) is 6.54 Å². The summed E-state index contributed by atoms with van der Waals surface area (Å²) in [6.07, 6.45) is 0. The second kappa shape index (κ2) is 6.10. The van der Waals surface area contributed by atoms with Gasteiger partial charge in [-0.2, -0.15) is 0 Å². The van der Waals surface area contributed by atoms with Gasteiger partial charge in [-0.3, -0.25) is 5.32 Å². The second-order valence-electron chi connectivity index (χ2n) is 4.43. The van der Waals surface area contributed by atoms with E-state index < -0.39 is 0 Å². The molecule has 0 amide bonds. The van der Waals surface area contributed by atoms with Crippen molar-refractivity contribution in [2.45, 2.75) is 20.4 Å². The van der Waals surface area contributed by atoms with Crippen LogP contribution < -0.4 is 11.1 Å². The maximum atomic E-state index is 12.8. The fraction of sp³-hybridized carbons (Fsp3) is 0.214. The third-order valence-electron chi connectivity index (χ3n) is 2.57. The number of hydrogen-bond acceptors (Lipinski definition) is 3. The highest BCUT2D eigenvalue weighted by Crippen LogP contribution is 2.05. The number of aryl methyl sites for hydroxylation is 2. The van der Waals surface area contributed by atoms with E-state index in [1.807, 2.05) is 19.9 Å². The summed E-state index contributed by atoms with van der Waals surface area (Å²) < 4.78 is 12.8. The Labute approximate surface area is 116 Å². The lowest BCUT2D eigenvalue weighted by Gasteiger charge is -2.06. The molecule has 0 radical (unpaired) electrons. The summed E-state index contributed by atoms with van der Waals surface area (Å²) in [4.78, 5) is 12.6. The smallest absolute Gasteiger partial charge is 0.229 e. The predicted molar refractivity (Wildman–Crippen MR) is 76.9 cm³/mol. The molecule has 20 heavy (non-hydrogen) atoms. The van der Waals surface area contributed by atoms with Crippen molar-refractivity contribution in [3.8, 4) is 0 Å². The lowest BCUT2D eigenvalue weighted by Crippen LogP contribution is -2.24. The van der Waals surface area contributed by atoms with Crippen LogP contribution in [0.5, 0.6) is 0 Å². The molecule has 0 bridgehead atoms. The number of anilines is 1. The van der Waals surface area contributed by atoms with Gasteiger partial charge in [0.05, 0.1) is 6.54 Å². The average Bonchev–Trinajstić information content (AvgIpc) is 2.37. The number of guanidine groups is 1. The Bertz CT molecular complexity index is 602. The summed E-state index contributed by atoms with van der Waals surface area (Å²) >= 11 is 0. The van der Waals surface area contributed by atoms with Crippen LogP contribution in [0.25, 0.3) is 0 Å². The van der Waals surface area contributed by atoms with E-state index in [1.165, 1.54) is 12.1 Å². The number of nitrogens with one attached hydrogen (secondary N) is 1. The molecule has 0 saturated heterocycles. The number of rotatable bonds is 3. The first-order valence-corrected chi connectivity index (χ1v) is 6.16. The minimum absolute atomic E-state index is 0.222. The Balaban J connectivity index is 2.01. The van der Waals surface area contributed by atoms with Crippen LogP contribution in [0, 0.1) is 19.7 Å². The van der Waals surface area contributed by atoms with E-state index >= 15 is 0 Å². The van der Waals surface area contributed by atoms with E-state index in [4.69, 9.17) is 5.73 Å². The number of benzene rings is 1. The standard InChI is InChI=1S/C14H16FN5/c1-9-7-10(2)19-14(18-9)20-13(16)17-8-11-3-5-12(15)6-4-11/h3-7H,8H2,1-2H3,(H3,16,17,18,19,20). The van der Waals surface area contributed by atoms with Gasteiger partial charge in [0.2, 0.25) is 5.95 Å². The van der Waals surface area contributed by atoms with Crippen molar-refractivity contribution in [1.29, 1.82) is 0 Å². The minimum atomic E-state index is -0.271. The van der Waals surface area contributed by atoms with Gasteiger partial charge < -0.3 is 5.73 Å². The average molecular weight is 273 g/mol. The zero-order chi connectivity index (χ0) is 14.5. The predicted octanol–water partition coefficient (Wildman–Crippen LogP) is 2.16. The second-order valence-corrected chi connectivity index (χ2v) is 4.43. The fourth-order valence-corrected chi connectivity index (χ4v) is 1.70. The largest absolute Gasteiger partial charge is 0.370 e. The molecule has 2 aromatic rings. The van der Waals surface area contributed by atoms with Crippen LogP contribution in [0.2, 0.25) is 0 Å². The fourth-order valence-electron chi connectivity index (χ4n) is 1.70. The van der Waals surface area contributed by atoms with Crippen LogP contribution in [0.3, 0.4) is 0 Å². The van der Waals surface area contributed by atoms with Gasteiger partial charge in [-0.15, -0.1) is 0 Å². The molecule has 2 rings (SSSR count). The maximum Gasteiger partial charge on any atom is 0.229 e. The molecule has 6 heteroatoms. The molecule has 104 valence electrons. The summed E-state index contributed by atoms with van der Waals surface area (Å²) in [7, 11) is 0. The number of aromatic nitrogens is 2. The topological polar surface area (TPSA) is 76.2 Å². The molecule has 0 aliphatic heterocycles. The van der Waals surface area contributed by atoms with Gasteiger partial charge in [-0.25, -0.2) is 19.4 Å². The summed E-state index contributed by atoms with van der Waals surface area (Å²) in [5, 5.41) is 2.84. The van der Waals surface area contributed by atoms with E-state index in [0.717, 1.165) is 17.0 Å². The molecule has 0 aliphatic rings. The minimum Gasteiger partial charge on any atom is -0.370 e. The van der Waals surface area contributed by atoms with Gasteiger partial charge in [-0.05, 0) is 37.6 Å². The SMILES string of the molecule is Cc1cc(C)nc(NC(N)=NCc2ccc(F)cc2)n1. The van der Waals surface area contributed by atoms with Crippen molar-refractivity contribution in [3.63, 3.8) is 0 Å². The van der Waals surface area contributed by atoms with Gasteiger partial charge in [-0.1, -0.05) is 12.1 Å². The van der Waals surface area contributed by atoms with Gasteiger partial charge in [0.1, 0.15) is 5.82 Å². The molecular weight excluding hydrogens is 257 g/mol. The van der Waals surface area contributed by atoms with Crippen LogP contribution in [-0.4, -0.2) is 15.9 Å². The molecule has 0 fully saturated rings. The van der Waals surface area contributed by atoms with E-state index in [9.17, 15) is 4.39 Å². The summed E-state index contributed by atoms with van der Waals surface area (Å²) in [6, 6.07) is 7.99. The molecule has 0 spiro atoms. The highest BCUT2D eigenvalue weighted by molar-refractivity contribution is 5.90. The van der Waals surface area contributed by atoms with Gasteiger partial charge in [0.25, 0.3) is 0 Å². The summed E-state index contributed by atoms with van der Waals surface area (Å²) in [6.45, 7) is 4.13. The molecule has 1 heterocycles. The van der Waals surface area contributed by atoms with Crippen molar-refractivity contribution in [2.24, 2.45) is 10.7 Å². The third kappa shape index (κ3) is 4.01. The lowest BCUT2D eigenvalue weighted by atomic mass is 10.2. The summed E-state index contributed by atoms with van der Waals surface area (Å²) in [5.41, 5.74) is 8.35. The van der Waals surface area contributed by atoms with Crippen molar-refractivity contribution >= 4 is 11.9 Å². The van der Waals surface area contributed by atoms with Crippen LogP contribution in [0.15, 0.2) is 35.3 Å². The van der Waals surface area contributed by atoms with Gasteiger partial charge >= 0.3 is 0 Å². The molecule has 0 atom stereocenters. The first-order valence-electron chi connectivity index (χ1n) is 6.16. The number of hydrogen-bond donors (Lipinski definition) is 2. The van der Waals surface area contributed by atoms with Crippen molar-refractivity contribution in [1.82, 2.24) is 9.97 Å². The normalized spacial score (nSPS) is 11.4. The molecule has 0 unspecified atom stereocenters. The van der Waals surface area contributed by atoms with Crippen LogP contribution in [0.4, 0.5) is 10.3 Å². The van der Waals surface area contributed by atoms with Gasteiger partial charge in [0, 0.05) is 11.4 Å². The van der Waals surface area contributed by atoms with Crippen LogP contribution >= 0.6 is 0 Å². The number of nitrogens with zero attached hydrogens (tertiary/aromatic N) is 3. The Hall–Kier alpha value is -2.50. The van der Waals surface area contributed by atoms with Crippen molar-refractivity contribution in [3.05, 3.63) is 53.1 Å². The first kappa shape index (κ1) is 13.9. The number of aliphatic imine (C=N–C) groups is 1. The zero-order valence-corrected chi connectivity index (χ0v) is 11.4. The van der Waals surface area contributed by atoms with E-state index in [2.05, 4.69) is 20.3 Å². The molecular formula is C14H16FN5. The van der Waals surface area contributed by atoms with Crippen molar-refractivity contribution in [2.75, 3.05) is 5.32 Å². The van der Waals surface area contributed by atoms with E-state index in [0.29, 0.717) is 12.5 Å². The number of nitrogens with two attached hydrogens (primary N) is 1. The molecule has 1 aromatic carbocycles. The Kier molecular flexibility index (Phi) is 4.24. The summed E-state index contributed by atoms with van der Waals surface area (Å²) in [5.74, 6) is 0.370. The Morgan fingerprint density at radius 3 is 2.40 bits per heavy atom. The molecule has 5 nitrogen and oxygen atoms in total. The highest BCUT2D eigenvalue weighted by Gasteiger charge is 2.01. The lowest BCUT2D eigenvalue weighted by molar-refractivity contribution is 0.627. The van der Waals surface area contributed by atoms with Gasteiger partial charge in [0.15, 0.2) is 5.96 Å². The monoisotopic (exact) mass is 273 g/mol. The molecule has 1 aromatic heterocycles. The maximum absolute atomic E-state index is 12.8. The zero-order valence-electron chi connectivity index (χ0n) is 11.4. The molecule has 3 N–H and O–H groups in total. The number of halogens is 1.